The van der Waals surface area contributed by atoms with E-state index in [2.05, 4.69) is 15.4 Å². The van der Waals surface area contributed by atoms with Gasteiger partial charge in [-0.2, -0.15) is 5.10 Å². The number of ether oxygens (including phenoxy) is 3. The smallest absolute Gasteiger partial charge is 0.164 e. The van der Waals surface area contributed by atoms with Crippen molar-refractivity contribution in [3.05, 3.63) is 12.2 Å². The van der Waals surface area contributed by atoms with Gasteiger partial charge in [-0.1, -0.05) is 0 Å². The number of methoxy groups -OCH3 is 2. The number of nitrogens with one attached hydrogen (secondary N) is 1. The Morgan fingerprint density at radius 1 is 1.16 bits per heavy atom. The molecule has 1 aromatic rings. The first-order chi connectivity index (χ1) is 9.36. The summed E-state index contributed by atoms with van der Waals surface area (Å²) in [7, 11) is 3.35. The Bertz CT molecular complexity index is 320. The third kappa shape index (κ3) is 7.89. The largest absolute Gasteiger partial charge is 0.383 e. The third-order valence-electron chi connectivity index (χ3n) is 2.46. The highest BCUT2D eigenvalue weighted by atomic mass is 16.5. The van der Waals surface area contributed by atoms with Crippen LogP contribution in [0.25, 0.3) is 0 Å². The van der Waals surface area contributed by atoms with Gasteiger partial charge in [-0.3, -0.25) is 4.68 Å². The fraction of sp³-hybridized carbons (Fsp3) is 0.833. The predicted molar refractivity (Wildman–Crippen MR) is 70.9 cm³/mol. The van der Waals surface area contributed by atoms with E-state index in [0.29, 0.717) is 33.0 Å². The second kappa shape index (κ2) is 10.9. The van der Waals surface area contributed by atoms with E-state index < -0.39 is 0 Å². The lowest BCUT2D eigenvalue weighted by Gasteiger charge is -2.03. The minimum absolute atomic E-state index is 0.640. The summed E-state index contributed by atoms with van der Waals surface area (Å²) in [5.74, 6) is 0.802. The highest BCUT2D eigenvalue weighted by molar-refractivity contribution is 4.80. The first kappa shape index (κ1) is 16.0. The van der Waals surface area contributed by atoms with Crippen molar-refractivity contribution in [3.63, 3.8) is 0 Å². The monoisotopic (exact) mass is 272 g/mol. The molecule has 0 spiro atoms. The average molecular weight is 272 g/mol. The number of aryl methyl sites for hydroxylation is 1. The molecule has 0 bridgehead atoms. The van der Waals surface area contributed by atoms with Gasteiger partial charge in [0.1, 0.15) is 6.33 Å². The molecular formula is C12H24N4O3. The first-order valence-electron chi connectivity index (χ1n) is 6.51. The molecule has 1 rings (SSSR count). The summed E-state index contributed by atoms with van der Waals surface area (Å²) in [4.78, 5) is 4.23. The van der Waals surface area contributed by atoms with Crippen LogP contribution in [0.1, 0.15) is 12.2 Å². The molecule has 1 aromatic heterocycles. The van der Waals surface area contributed by atoms with Gasteiger partial charge < -0.3 is 19.5 Å². The van der Waals surface area contributed by atoms with E-state index in [-0.39, 0.29) is 0 Å². The zero-order valence-corrected chi connectivity index (χ0v) is 11.8. The van der Waals surface area contributed by atoms with Crippen molar-refractivity contribution in [2.45, 2.75) is 19.5 Å². The second-order valence-corrected chi connectivity index (χ2v) is 4.05. The van der Waals surface area contributed by atoms with Gasteiger partial charge in [-0.15, -0.1) is 0 Å². The SMILES string of the molecule is COCCNCc1ncn(CCCOCCOC)n1. The van der Waals surface area contributed by atoms with Gasteiger partial charge in [0.05, 0.1) is 26.4 Å². The molecule has 0 aliphatic heterocycles. The summed E-state index contributed by atoms with van der Waals surface area (Å²) in [5, 5.41) is 7.57. The van der Waals surface area contributed by atoms with E-state index in [4.69, 9.17) is 14.2 Å². The molecule has 0 amide bonds. The van der Waals surface area contributed by atoms with E-state index in [1.807, 2.05) is 4.68 Å². The number of rotatable bonds is 12. The van der Waals surface area contributed by atoms with Gasteiger partial charge in [0.15, 0.2) is 5.82 Å². The molecule has 1 N–H and O–H groups in total. The lowest BCUT2D eigenvalue weighted by molar-refractivity contribution is 0.0677. The Morgan fingerprint density at radius 3 is 2.79 bits per heavy atom. The van der Waals surface area contributed by atoms with Crippen LogP contribution in [-0.2, 0) is 27.3 Å². The summed E-state index contributed by atoms with van der Waals surface area (Å²) < 4.78 is 17.1. The molecule has 0 aromatic carbocycles. The summed E-state index contributed by atoms with van der Waals surface area (Å²) >= 11 is 0. The van der Waals surface area contributed by atoms with E-state index in [0.717, 1.165) is 25.3 Å². The summed E-state index contributed by atoms with van der Waals surface area (Å²) in [6.45, 7) is 4.98. The Labute approximate surface area is 114 Å². The third-order valence-corrected chi connectivity index (χ3v) is 2.46. The van der Waals surface area contributed by atoms with E-state index >= 15 is 0 Å². The zero-order valence-electron chi connectivity index (χ0n) is 11.8. The molecule has 110 valence electrons. The van der Waals surface area contributed by atoms with Crippen molar-refractivity contribution < 1.29 is 14.2 Å². The molecule has 0 aliphatic rings. The number of hydrogen-bond acceptors (Lipinski definition) is 6. The molecular weight excluding hydrogens is 248 g/mol. The molecule has 1 heterocycles. The number of hydrogen-bond donors (Lipinski definition) is 1. The maximum Gasteiger partial charge on any atom is 0.164 e. The maximum absolute atomic E-state index is 5.38. The van der Waals surface area contributed by atoms with Crippen LogP contribution in [0.4, 0.5) is 0 Å². The lowest BCUT2D eigenvalue weighted by Crippen LogP contribution is -2.19. The van der Waals surface area contributed by atoms with Gasteiger partial charge in [0.2, 0.25) is 0 Å². The molecule has 0 radical (unpaired) electrons. The standard InChI is InChI=1S/C12H24N4O3/c1-17-7-4-13-10-12-14-11-16(15-12)5-3-6-19-9-8-18-2/h11,13H,3-10H2,1-2H3. The van der Waals surface area contributed by atoms with Crippen LogP contribution in [0.5, 0.6) is 0 Å². The van der Waals surface area contributed by atoms with Crippen molar-refractivity contribution >= 4 is 0 Å². The van der Waals surface area contributed by atoms with Gasteiger partial charge in [0.25, 0.3) is 0 Å². The van der Waals surface area contributed by atoms with Crippen molar-refractivity contribution in [2.75, 3.05) is 47.2 Å². The van der Waals surface area contributed by atoms with E-state index in [9.17, 15) is 0 Å². The Balaban J connectivity index is 2.06. The van der Waals surface area contributed by atoms with Crippen LogP contribution in [0, 0.1) is 0 Å². The van der Waals surface area contributed by atoms with Crippen molar-refractivity contribution in [3.8, 4) is 0 Å². The molecule has 7 heteroatoms. The van der Waals surface area contributed by atoms with Gasteiger partial charge in [0, 0.05) is 33.9 Å². The molecule has 0 fully saturated rings. The van der Waals surface area contributed by atoms with Gasteiger partial charge in [-0.25, -0.2) is 4.98 Å². The minimum Gasteiger partial charge on any atom is -0.383 e. The molecule has 0 unspecified atom stereocenters. The van der Waals surface area contributed by atoms with Crippen LogP contribution in [-0.4, -0.2) is 62.0 Å². The molecule has 0 saturated heterocycles. The molecule has 19 heavy (non-hydrogen) atoms. The fourth-order valence-corrected chi connectivity index (χ4v) is 1.47. The van der Waals surface area contributed by atoms with Crippen molar-refractivity contribution in [1.29, 1.82) is 0 Å². The topological polar surface area (TPSA) is 70.4 Å². The highest BCUT2D eigenvalue weighted by Crippen LogP contribution is 1.93. The van der Waals surface area contributed by atoms with Crippen molar-refractivity contribution in [1.82, 2.24) is 20.1 Å². The number of nitrogens with zero attached hydrogens (tertiary/aromatic N) is 3. The molecule has 0 atom stereocenters. The van der Waals surface area contributed by atoms with Crippen LogP contribution in [0.2, 0.25) is 0 Å². The predicted octanol–water partition coefficient (Wildman–Crippen LogP) is 0.0672. The molecule has 7 nitrogen and oxygen atoms in total. The number of aromatic nitrogens is 3. The van der Waals surface area contributed by atoms with Gasteiger partial charge >= 0.3 is 0 Å². The molecule has 0 aliphatic carbocycles. The highest BCUT2D eigenvalue weighted by Gasteiger charge is 2.00. The fourth-order valence-electron chi connectivity index (χ4n) is 1.47. The molecule has 0 saturated carbocycles. The Morgan fingerprint density at radius 2 is 2.00 bits per heavy atom. The first-order valence-corrected chi connectivity index (χ1v) is 6.51. The van der Waals surface area contributed by atoms with Crippen LogP contribution >= 0.6 is 0 Å². The zero-order chi connectivity index (χ0) is 13.8. The quantitative estimate of drug-likeness (QED) is 0.543. The average Bonchev–Trinajstić information content (AvgIpc) is 2.87. The Hall–Kier alpha value is -1.02. The van der Waals surface area contributed by atoms with Crippen LogP contribution < -0.4 is 5.32 Å². The lowest BCUT2D eigenvalue weighted by atomic mass is 10.4. The van der Waals surface area contributed by atoms with Crippen LogP contribution in [0.15, 0.2) is 6.33 Å². The Kier molecular flexibility index (Phi) is 9.17. The normalized spacial score (nSPS) is 11.1. The minimum atomic E-state index is 0.640. The van der Waals surface area contributed by atoms with Crippen molar-refractivity contribution in [2.24, 2.45) is 0 Å². The summed E-state index contributed by atoms with van der Waals surface area (Å²) in [6.07, 6.45) is 2.67. The van der Waals surface area contributed by atoms with E-state index in [1.54, 1.807) is 20.5 Å². The summed E-state index contributed by atoms with van der Waals surface area (Å²) in [5.41, 5.74) is 0. The van der Waals surface area contributed by atoms with E-state index in [1.165, 1.54) is 0 Å². The maximum atomic E-state index is 5.38. The van der Waals surface area contributed by atoms with Crippen LogP contribution in [0.3, 0.4) is 0 Å². The van der Waals surface area contributed by atoms with Gasteiger partial charge in [-0.05, 0) is 6.42 Å². The summed E-state index contributed by atoms with van der Waals surface area (Å²) in [6, 6.07) is 0. The second-order valence-electron chi connectivity index (χ2n) is 4.05.